The zero-order chi connectivity index (χ0) is 16.2. The van der Waals surface area contributed by atoms with Crippen LogP contribution in [0.2, 0.25) is 5.02 Å². The van der Waals surface area contributed by atoms with Crippen molar-refractivity contribution in [1.29, 1.82) is 0 Å². The van der Waals surface area contributed by atoms with E-state index in [4.69, 9.17) is 11.6 Å². The molecule has 0 unspecified atom stereocenters. The van der Waals surface area contributed by atoms with E-state index in [-0.39, 0.29) is 5.91 Å². The Balaban J connectivity index is 1.72. The lowest BCUT2D eigenvalue weighted by Crippen LogP contribution is -2.33. The van der Waals surface area contributed by atoms with Crippen LogP contribution in [-0.4, -0.2) is 29.1 Å². The summed E-state index contributed by atoms with van der Waals surface area (Å²) in [6, 6.07) is 15.4. The smallest absolute Gasteiger partial charge is 0.260 e. The SMILES string of the molecule is O=C(c1ccccc1I)N1CCN=C1SCc1ccccc1Cl. The average Bonchev–Trinajstić information content (AvgIpc) is 3.02. The molecule has 3 rings (SSSR count). The topological polar surface area (TPSA) is 32.7 Å². The van der Waals surface area contributed by atoms with E-state index in [9.17, 15) is 4.79 Å². The summed E-state index contributed by atoms with van der Waals surface area (Å²) in [6.07, 6.45) is 0. The molecule has 1 amide bonds. The van der Waals surface area contributed by atoms with Gasteiger partial charge in [-0.15, -0.1) is 0 Å². The molecule has 1 aliphatic rings. The highest BCUT2D eigenvalue weighted by molar-refractivity contribution is 14.1. The number of benzene rings is 2. The fourth-order valence-electron chi connectivity index (χ4n) is 2.28. The number of rotatable bonds is 3. The van der Waals surface area contributed by atoms with E-state index in [0.717, 1.165) is 24.9 Å². The molecule has 118 valence electrons. The Labute approximate surface area is 158 Å². The van der Waals surface area contributed by atoms with Gasteiger partial charge in [-0.1, -0.05) is 53.7 Å². The van der Waals surface area contributed by atoms with Gasteiger partial charge in [-0.25, -0.2) is 0 Å². The zero-order valence-electron chi connectivity index (χ0n) is 12.2. The Hall–Kier alpha value is -1.05. The minimum Gasteiger partial charge on any atom is -0.286 e. The summed E-state index contributed by atoms with van der Waals surface area (Å²) in [7, 11) is 0. The number of nitrogens with zero attached hydrogens (tertiary/aromatic N) is 2. The van der Waals surface area contributed by atoms with E-state index in [1.807, 2.05) is 48.5 Å². The van der Waals surface area contributed by atoms with Crippen molar-refractivity contribution in [1.82, 2.24) is 4.90 Å². The fourth-order valence-corrected chi connectivity index (χ4v) is 4.23. The van der Waals surface area contributed by atoms with E-state index >= 15 is 0 Å². The molecule has 0 aliphatic carbocycles. The Morgan fingerprint density at radius 1 is 1.22 bits per heavy atom. The van der Waals surface area contributed by atoms with E-state index in [1.165, 1.54) is 0 Å². The van der Waals surface area contributed by atoms with Crippen molar-refractivity contribution in [3.05, 3.63) is 68.3 Å². The normalized spacial score (nSPS) is 14.0. The molecule has 1 heterocycles. The summed E-state index contributed by atoms with van der Waals surface area (Å²) < 4.78 is 0.956. The number of carbonyl (C=O) groups is 1. The van der Waals surface area contributed by atoms with Crippen LogP contribution in [0.1, 0.15) is 15.9 Å². The van der Waals surface area contributed by atoms with Gasteiger partial charge in [0.05, 0.1) is 12.1 Å². The van der Waals surface area contributed by atoms with Crippen LogP contribution >= 0.6 is 46.0 Å². The predicted molar refractivity (Wildman–Crippen MR) is 105 cm³/mol. The summed E-state index contributed by atoms with van der Waals surface area (Å²) >= 11 is 9.94. The van der Waals surface area contributed by atoms with Crippen LogP contribution in [0.4, 0.5) is 0 Å². The Morgan fingerprint density at radius 3 is 2.74 bits per heavy atom. The second-order valence-electron chi connectivity index (χ2n) is 4.98. The maximum absolute atomic E-state index is 12.8. The van der Waals surface area contributed by atoms with Crippen LogP contribution in [0, 0.1) is 3.57 Å². The van der Waals surface area contributed by atoms with Crippen LogP contribution in [0.3, 0.4) is 0 Å². The highest BCUT2D eigenvalue weighted by Gasteiger charge is 2.26. The van der Waals surface area contributed by atoms with Crippen molar-refractivity contribution >= 4 is 57.0 Å². The van der Waals surface area contributed by atoms with Gasteiger partial charge in [0.15, 0.2) is 5.17 Å². The van der Waals surface area contributed by atoms with Crippen LogP contribution in [0.25, 0.3) is 0 Å². The second-order valence-corrected chi connectivity index (χ2v) is 7.49. The molecule has 2 aromatic carbocycles. The molecule has 0 saturated carbocycles. The number of thioether (sulfide) groups is 1. The number of halogens is 2. The minimum atomic E-state index is 0.0120. The molecule has 0 atom stereocenters. The highest BCUT2D eigenvalue weighted by atomic mass is 127. The lowest BCUT2D eigenvalue weighted by molar-refractivity contribution is 0.0859. The van der Waals surface area contributed by atoms with E-state index in [2.05, 4.69) is 27.6 Å². The molecule has 3 nitrogen and oxygen atoms in total. The van der Waals surface area contributed by atoms with Crippen LogP contribution in [0.15, 0.2) is 53.5 Å². The van der Waals surface area contributed by atoms with Crippen molar-refractivity contribution < 1.29 is 4.79 Å². The predicted octanol–water partition coefficient (Wildman–Crippen LogP) is 4.69. The number of aliphatic imine (C=N–C) groups is 1. The summed E-state index contributed by atoms with van der Waals surface area (Å²) in [6.45, 7) is 1.29. The first kappa shape index (κ1) is 16.8. The third-order valence-electron chi connectivity index (χ3n) is 3.47. The number of carbonyl (C=O) groups excluding carboxylic acids is 1. The van der Waals surface area contributed by atoms with Gasteiger partial charge in [-0.05, 0) is 46.4 Å². The van der Waals surface area contributed by atoms with Crippen molar-refractivity contribution in [3.63, 3.8) is 0 Å². The van der Waals surface area contributed by atoms with Gasteiger partial charge in [0, 0.05) is 20.9 Å². The molecule has 1 aliphatic heterocycles. The van der Waals surface area contributed by atoms with Crippen molar-refractivity contribution in [3.8, 4) is 0 Å². The summed E-state index contributed by atoms with van der Waals surface area (Å²) in [5.74, 6) is 0.715. The number of amides is 1. The molecular weight excluding hydrogens is 443 g/mol. The molecule has 6 heteroatoms. The zero-order valence-corrected chi connectivity index (χ0v) is 15.9. The van der Waals surface area contributed by atoms with Crippen molar-refractivity contribution in [2.45, 2.75) is 5.75 Å². The fraction of sp³-hybridized carbons (Fsp3) is 0.176. The minimum absolute atomic E-state index is 0.0120. The van der Waals surface area contributed by atoms with E-state index in [0.29, 0.717) is 18.8 Å². The third kappa shape index (κ3) is 3.89. The van der Waals surface area contributed by atoms with Crippen LogP contribution < -0.4 is 0 Å². The maximum atomic E-state index is 12.8. The van der Waals surface area contributed by atoms with Gasteiger partial charge >= 0.3 is 0 Å². The number of hydrogen-bond donors (Lipinski definition) is 0. The molecule has 2 aromatic rings. The van der Waals surface area contributed by atoms with Gasteiger partial charge < -0.3 is 0 Å². The Bertz CT molecular complexity index is 766. The molecule has 0 aromatic heterocycles. The number of hydrogen-bond acceptors (Lipinski definition) is 3. The molecule has 23 heavy (non-hydrogen) atoms. The largest absolute Gasteiger partial charge is 0.286 e. The molecule has 0 bridgehead atoms. The third-order valence-corrected chi connectivity index (χ3v) is 5.84. The van der Waals surface area contributed by atoms with Crippen molar-refractivity contribution in [2.24, 2.45) is 4.99 Å². The first-order valence-corrected chi connectivity index (χ1v) is 9.58. The monoisotopic (exact) mass is 456 g/mol. The van der Waals surface area contributed by atoms with E-state index in [1.54, 1.807) is 16.7 Å². The lowest BCUT2D eigenvalue weighted by Gasteiger charge is -2.18. The Kier molecular flexibility index (Phi) is 5.61. The van der Waals surface area contributed by atoms with Crippen LogP contribution in [-0.2, 0) is 5.75 Å². The number of amidine groups is 1. The first-order valence-electron chi connectivity index (χ1n) is 7.14. The second kappa shape index (κ2) is 7.68. The van der Waals surface area contributed by atoms with Crippen LogP contribution in [0.5, 0.6) is 0 Å². The molecule has 0 saturated heterocycles. The van der Waals surface area contributed by atoms with Gasteiger partial charge in [-0.3, -0.25) is 14.7 Å². The van der Waals surface area contributed by atoms with E-state index < -0.39 is 0 Å². The molecule has 0 radical (unpaired) electrons. The molecule has 0 fully saturated rings. The maximum Gasteiger partial charge on any atom is 0.260 e. The standard InChI is InChI=1S/C17H14ClIN2OS/c18-14-7-3-1-5-12(14)11-23-17-20-9-10-21(17)16(22)13-6-2-4-8-15(13)19/h1-8H,9-11H2. The summed E-state index contributed by atoms with van der Waals surface area (Å²) in [5, 5.41) is 1.52. The summed E-state index contributed by atoms with van der Waals surface area (Å²) in [5.41, 5.74) is 1.77. The van der Waals surface area contributed by atoms with Gasteiger partial charge in [0.1, 0.15) is 0 Å². The quantitative estimate of drug-likeness (QED) is 0.628. The summed E-state index contributed by atoms with van der Waals surface area (Å²) in [4.78, 5) is 19.0. The van der Waals surface area contributed by atoms with Gasteiger partial charge in [0.25, 0.3) is 5.91 Å². The van der Waals surface area contributed by atoms with Gasteiger partial charge in [-0.2, -0.15) is 0 Å². The molecule has 0 N–H and O–H groups in total. The average molecular weight is 457 g/mol. The lowest BCUT2D eigenvalue weighted by atomic mass is 10.2. The molecule has 0 spiro atoms. The Morgan fingerprint density at radius 2 is 1.96 bits per heavy atom. The van der Waals surface area contributed by atoms with Gasteiger partial charge in [0.2, 0.25) is 0 Å². The van der Waals surface area contributed by atoms with Crippen molar-refractivity contribution in [2.75, 3.05) is 13.1 Å². The first-order chi connectivity index (χ1) is 11.2. The highest BCUT2D eigenvalue weighted by Crippen LogP contribution is 2.25. The molecular formula is C17H14ClIN2OS.